The molecule has 0 radical (unpaired) electrons. The SMILES string of the molecule is COCCNCCCNCc1cnc(C)s1. The van der Waals surface area contributed by atoms with Gasteiger partial charge in [0.15, 0.2) is 0 Å². The van der Waals surface area contributed by atoms with Gasteiger partial charge in [0.05, 0.1) is 11.6 Å². The van der Waals surface area contributed by atoms with Crippen molar-refractivity contribution in [3.63, 3.8) is 0 Å². The second kappa shape index (κ2) is 8.64. The summed E-state index contributed by atoms with van der Waals surface area (Å²) in [5.41, 5.74) is 0. The van der Waals surface area contributed by atoms with Crippen LogP contribution < -0.4 is 10.6 Å². The van der Waals surface area contributed by atoms with E-state index < -0.39 is 0 Å². The third-order valence-electron chi connectivity index (χ3n) is 2.16. The molecule has 0 fully saturated rings. The van der Waals surface area contributed by atoms with Crippen molar-refractivity contribution in [1.29, 1.82) is 0 Å². The number of thiazole rings is 1. The van der Waals surface area contributed by atoms with E-state index in [1.165, 1.54) is 4.88 Å². The molecule has 16 heavy (non-hydrogen) atoms. The Morgan fingerprint density at radius 3 is 2.81 bits per heavy atom. The van der Waals surface area contributed by atoms with Crippen molar-refractivity contribution in [2.45, 2.75) is 19.9 Å². The van der Waals surface area contributed by atoms with Crippen molar-refractivity contribution >= 4 is 11.3 Å². The maximum Gasteiger partial charge on any atom is 0.0897 e. The van der Waals surface area contributed by atoms with E-state index in [1.54, 1.807) is 18.4 Å². The summed E-state index contributed by atoms with van der Waals surface area (Å²) in [7, 11) is 1.72. The van der Waals surface area contributed by atoms with E-state index >= 15 is 0 Å². The number of nitrogens with one attached hydrogen (secondary N) is 2. The maximum atomic E-state index is 4.95. The van der Waals surface area contributed by atoms with Crippen LogP contribution in [0.25, 0.3) is 0 Å². The summed E-state index contributed by atoms with van der Waals surface area (Å²) < 4.78 is 4.95. The minimum Gasteiger partial charge on any atom is -0.383 e. The summed E-state index contributed by atoms with van der Waals surface area (Å²) in [6.45, 7) is 6.77. The molecule has 0 aliphatic rings. The number of rotatable bonds is 9. The number of nitrogens with zero attached hydrogens (tertiary/aromatic N) is 1. The fraction of sp³-hybridized carbons (Fsp3) is 0.727. The van der Waals surface area contributed by atoms with Crippen LogP contribution in [0.5, 0.6) is 0 Å². The normalized spacial score (nSPS) is 10.9. The zero-order chi connectivity index (χ0) is 11.6. The topological polar surface area (TPSA) is 46.2 Å². The zero-order valence-electron chi connectivity index (χ0n) is 10.1. The predicted octanol–water partition coefficient (Wildman–Crippen LogP) is 1.17. The van der Waals surface area contributed by atoms with Crippen LogP contribution >= 0.6 is 11.3 Å². The van der Waals surface area contributed by atoms with Crippen LogP contribution in [0.15, 0.2) is 6.20 Å². The first-order valence-corrected chi connectivity index (χ1v) is 6.46. The molecule has 2 N–H and O–H groups in total. The number of hydrogen-bond donors (Lipinski definition) is 2. The van der Waals surface area contributed by atoms with Crippen LogP contribution in [0.1, 0.15) is 16.3 Å². The third-order valence-corrected chi connectivity index (χ3v) is 3.07. The van der Waals surface area contributed by atoms with E-state index in [0.29, 0.717) is 0 Å². The Bertz CT molecular complexity index is 278. The van der Waals surface area contributed by atoms with E-state index in [9.17, 15) is 0 Å². The number of methoxy groups -OCH3 is 1. The maximum absolute atomic E-state index is 4.95. The first-order valence-electron chi connectivity index (χ1n) is 5.64. The lowest BCUT2D eigenvalue weighted by Crippen LogP contribution is -2.24. The average Bonchev–Trinajstić information content (AvgIpc) is 2.68. The molecule has 0 bridgehead atoms. The van der Waals surface area contributed by atoms with Crippen LogP contribution in [0.3, 0.4) is 0 Å². The molecule has 0 saturated heterocycles. The monoisotopic (exact) mass is 243 g/mol. The second-order valence-electron chi connectivity index (χ2n) is 3.62. The van der Waals surface area contributed by atoms with Crippen LogP contribution in [0, 0.1) is 6.92 Å². The molecule has 0 aromatic carbocycles. The van der Waals surface area contributed by atoms with Crippen molar-refractivity contribution in [3.8, 4) is 0 Å². The molecule has 1 rings (SSSR count). The number of ether oxygens (including phenoxy) is 1. The highest BCUT2D eigenvalue weighted by atomic mass is 32.1. The molecule has 0 atom stereocenters. The molecule has 0 amide bonds. The van der Waals surface area contributed by atoms with Crippen LogP contribution in [0.2, 0.25) is 0 Å². The van der Waals surface area contributed by atoms with E-state index in [1.807, 2.05) is 13.1 Å². The lowest BCUT2D eigenvalue weighted by Gasteiger charge is -2.04. The summed E-state index contributed by atoms with van der Waals surface area (Å²) in [5, 5.41) is 7.86. The minimum absolute atomic E-state index is 0.785. The zero-order valence-corrected chi connectivity index (χ0v) is 10.9. The predicted molar refractivity (Wildman–Crippen MR) is 67.9 cm³/mol. The molecule has 4 nitrogen and oxygen atoms in total. The van der Waals surface area contributed by atoms with Gasteiger partial charge in [-0.3, -0.25) is 0 Å². The lowest BCUT2D eigenvalue weighted by atomic mass is 10.4. The first kappa shape index (κ1) is 13.6. The summed E-state index contributed by atoms with van der Waals surface area (Å²) >= 11 is 1.76. The van der Waals surface area contributed by atoms with Crippen molar-refractivity contribution in [2.75, 3.05) is 33.4 Å². The van der Waals surface area contributed by atoms with Gasteiger partial charge in [-0.2, -0.15) is 0 Å². The largest absolute Gasteiger partial charge is 0.383 e. The second-order valence-corrected chi connectivity index (χ2v) is 4.94. The number of hydrogen-bond acceptors (Lipinski definition) is 5. The molecule has 0 aliphatic carbocycles. The van der Waals surface area contributed by atoms with Crippen LogP contribution in [-0.4, -0.2) is 38.3 Å². The molecular weight excluding hydrogens is 222 g/mol. The van der Waals surface area contributed by atoms with Crippen LogP contribution in [-0.2, 0) is 11.3 Å². The van der Waals surface area contributed by atoms with Crippen molar-refractivity contribution < 1.29 is 4.74 Å². The van der Waals surface area contributed by atoms with Crippen molar-refractivity contribution in [2.24, 2.45) is 0 Å². The van der Waals surface area contributed by atoms with E-state index in [0.717, 1.165) is 44.2 Å². The van der Waals surface area contributed by atoms with E-state index in [-0.39, 0.29) is 0 Å². The summed E-state index contributed by atoms with van der Waals surface area (Å²) in [6, 6.07) is 0. The van der Waals surface area contributed by atoms with Crippen molar-refractivity contribution in [1.82, 2.24) is 15.6 Å². The summed E-state index contributed by atoms with van der Waals surface area (Å²) in [6.07, 6.45) is 3.09. The molecule has 5 heteroatoms. The molecule has 1 heterocycles. The number of aromatic nitrogens is 1. The average molecular weight is 243 g/mol. The Balaban J connectivity index is 1.88. The van der Waals surface area contributed by atoms with Gasteiger partial charge < -0.3 is 15.4 Å². The van der Waals surface area contributed by atoms with Gasteiger partial charge in [-0.15, -0.1) is 11.3 Å². The molecule has 0 aliphatic heterocycles. The summed E-state index contributed by atoms with van der Waals surface area (Å²) in [4.78, 5) is 5.53. The van der Waals surface area contributed by atoms with Crippen molar-refractivity contribution in [3.05, 3.63) is 16.1 Å². The molecular formula is C11H21N3OS. The highest BCUT2D eigenvalue weighted by Gasteiger charge is 1.96. The van der Waals surface area contributed by atoms with Gasteiger partial charge in [0.25, 0.3) is 0 Å². The number of aryl methyl sites for hydroxylation is 1. The van der Waals surface area contributed by atoms with E-state index in [2.05, 4.69) is 15.6 Å². The highest BCUT2D eigenvalue weighted by molar-refractivity contribution is 7.11. The minimum atomic E-state index is 0.785. The highest BCUT2D eigenvalue weighted by Crippen LogP contribution is 2.10. The standard InChI is InChI=1S/C11H21N3OS/c1-10-14-9-11(16-10)8-13-5-3-4-12-6-7-15-2/h9,12-13H,3-8H2,1-2H3. The van der Waals surface area contributed by atoms with Gasteiger partial charge in [0, 0.05) is 31.3 Å². The Morgan fingerprint density at radius 1 is 1.31 bits per heavy atom. The van der Waals surface area contributed by atoms with E-state index in [4.69, 9.17) is 4.74 Å². The third kappa shape index (κ3) is 6.17. The van der Waals surface area contributed by atoms with Gasteiger partial charge >= 0.3 is 0 Å². The van der Waals surface area contributed by atoms with Gasteiger partial charge in [-0.05, 0) is 26.4 Å². The molecule has 0 unspecified atom stereocenters. The molecule has 0 saturated carbocycles. The van der Waals surface area contributed by atoms with Gasteiger partial charge in [0.2, 0.25) is 0 Å². The molecule has 1 aromatic rings. The quantitative estimate of drug-likeness (QED) is 0.639. The molecule has 0 spiro atoms. The summed E-state index contributed by atoms with van der Waals surface area (Å²) in [5.74, 6) is 0. The fourth-order valence-electron chi connectivity index (χ4n) is 1.34. The first-order chi connectivity index (χ1) is 7.83. The van der Waals surface area contributed by atoms with Crippen LogP contribution in [0.4, 0.5) is 0 Å². The van der Waals surface area contributed by atoms with Gasteiger partial charge in [-0.1, -0.05) is 0 Å². The fourth-order valence-corrected chi connectivity index (χ4v) is 2.10. The van der Waals surface area contributed by atoms with Gasteiger partial charge in [-0.25, -0.2) is 4.98 Å². The molecule has 1 aromatic heterocycles. The lowest BCUT2D eigenvalue weighted by molar-refractivity contribution is 0.199. The Labute approximate surface area is 101 Å². The Kier molecular flexibility index (Phi) is 7.33. The Hall–Kier alpha value is -0.490. The van der Waals surface area contributed by atoms with Gasteiger partial charge in [0.1, 0.15) is 0 Å². The smallest absolute Gasteiger partial charge is 0.0897 e. The molecule has 92 valence electrons. The Morgan fingerprint density at radius 2 is 2.12 bits per heavy atom.